The van der Waals surface area contributed by atoms with Gasteiger partial charge in [-0.1, -0.05) is 23.2 Å². The zero-order valence-electron chi connectivity index (χ0n) is 15.2. The van der Waals surface area contributed by atoms with Gasteiger partial charge in [0.05, 0.1) is 22.8 Å². The predicted octanol–water partition coefficient (Wildman–Crippen LogP) is 3.98. The highest BCUT2D eigenvalue weighted by molar-refractivity contribution is 6.43. The quantitative estimate of drug-likeness (QED) is 0.723. The lowest BCUT2D eigenvalue weighted by molar-refractivity contribution is 0.0231. The molecule has 0 spiro atoms. The van der Waals surface area contributed by atoms with Crippen LogP contribution in [0.1, 0.15) is 34.1 Å². The maximum atomic E-state index is 6.31. The van der Waals surface area contributed by atoms with Crippen molar-refractivity contribution < 1.29 is 9.47 Å². The number of hydrogen-bond donors (Lipinski definition) is 2. The molecule has 9 heteroatoms. The summed E-state index contributed by atoms with van der Waals surface area (Å²) >= 11 is 12.6. The zero-order chi connectivity index (χ0) is 19.5. The van der Waals surface area contributed by atoms with E-state index in [0.29, 0.717) is 29.4 Å². The zero-order valence-corrected chi connectivity index (χ0v) is 16.7. The van der Waals surface area contributed by atoms with Crippen LogP contribution in [0.3, 0.4) is 0 Å². The highest BCUT2D eigenvalue weighted by Crippen LogP contribution is 2.39. The smallest absolute Gasteiger partial charge is 0.242 e. The Bertz CT molecular complexity index is 784. The Hall–Kier alpha value is -1.83. The van der Waals surface area contributed by atoms with Gasteiger partial charge in [-0.25, -0.2) is 0 Å². The average Bonchev–Trinajstić information content (AvgIpc) is 2.50. The van der Waals surface area contributed by atoms with Gasteiger partial charge >= 0.3 is 0 Å². The van der Waals surface area contributed by atoms with E-state index in [1.165, 1.54) is 0 Å². The molecular weight excluding hydrogens is 377 g/mol. The van der Waals surface area contributed by atoms with Crippen molar-refractivity contribution in [2.75, 3.05) is 18.1 Å². The fourth-order valence-electron chi connectivity index (χ4n) is 2.25. The number of halogens is 2. The molecule has 0 unspecified atom stereocenters. The Morgan fingerprint density at radius 2 is 1.85 bits per heavy atom. The normalized spacial score (nSPS) is 11.8. The van der Waals surface area contributed by atoms with Gasteiger partial charge in [0.1, 0.15) is 17.0 Å². The van der Waals surface area contributed by atoms with Gasteiger partial charge < -0.3 is 20.9 Å². The summed E-state index contributed by atoms with van der Waals surface area (Å²) in [6, 6.07) is 3.35. The number of nitrogens with two attached hydrogens (primary N) is 2. The molecule has 0 saturated heterocycles. The second-order valence-electron chi connectivity index (χ2n) is 6.70. The lowest BCUT2D eigenvalue weighted by atomic mass is 10.1. The van der Waals surface area contributed by atoms with E-state index in [2.05, 4.69) is 15.2 Å². The molecule has 7 nitrogen and oxygen atoms in total. The summed E-state index contributed by atoms with van der Waals surface area (Å²) in [4.78, 5) is 3.90. The minimum absolute atomic E-state index is 0.0211. The monoisotopic (exact) mass is 399 g/mol. The minimum atomic E-state index is -0.472. The number of rotatable bonds is 7. The van der Waals surface area contributed by atoms with Crippen molar-refractivity contribution in [3.05, 3.63) is 22.2 Å². The Labute approximate surface area is 163 Å². The molecule has 26 heavy (non-hydrogen) atoms. The van der Waals surface area contributed by atoms with Crippen LogP contribution in [0.15, 0.2) is 12.1 Å². The molecule has 0 bridgehead atoms. The van der Waals surface area contributed by atoms with Crippen LogP contribution in [0, 0.1) is 0 Å². The molecule has 0 aliphatic carbocycles. The number of hydrogen-bond acceptors (Lipinski definition) is 7. The number of ether oxygens (including phenoxy) is 2. The molecule has 0 saturated carbocycles. The standard InChI is InChI=1S/C17H23Cl2N5O2/c1-9(2)25-6-5-17(3,4)26-10-7-11(13(19)12(18)8-10)14-15(20)22-16(21)24-23-14/h7-9H,5-6H2,1-4H3,(H4,20,21,22,24). The van der Waals surface area contributed by atoms with Crippen LogP contribution >= 0.6 is 23.2 Å². The molecule has 0 atom stereocenters. The van der Waals surface area contributed by atoms with Crippen molar-refractivity contribution in [3.63, 3.8) is 0 Å². The van der Waals surface area contributed by atoms with Gasteiger partial charge in [-0.15, -0.1) is 10.2 Å². The highest BCUT2D eigenvalue weighted by Gasteiger charge is 2.22. The van der Waals surface area contributed by atoms with Gasteiger partial charge in [0, 0.05) is 18.1 Å². The Morgan fingerprint density at radius 3 is 2.46 bits per heavy atom. The Balaban J connectivity index is 2.30. The Kier molecular flexibility index (Phi) is 6.49. The predicted molar refractivity (Wildman–Crippen MR) is 105 cm³/mol. The Morgan fingerprint density at radius 1 is 1.15 bits per heavy atom. The molecule has 0 fully saturated rings. The molecule has 0 amide bonds. The van der Waals surface area contributed by atoms with E-state index in [9.17, 15) is 0 Å². The van der Waals surface area contributed by atoms with Gasteiger partial charge in [0.15, 0.2) is 5.82 Å². The molecule has 0 aliphatic rings. The second-order valence-corrected chi connectivity index (χ2v) is 7.49. The van der Waals surface area contributed by atoms with Crippen molar-refractivity contribution in [3.8, 4) is 17.0 Å². The largest absolute Gasteiger partial charge is 0.488 e. The van der Waals surface area contributed by atoms with E-state index >= 15 is 0 Å². The van der Waals surface area contributed by atoms with E-state index in [4.69, 9.17) is 44.1 Å². The summed E-state index contributed by atoms with van der Waals surface area (Å²) in [6.45, 7) is 8.51. The second kappa shape index (κ2) is 8.24. The van der Waals surface area contributed by atoms with E-state index in [1.54, 1.807) is 12.1 Å². The van der Waals surface area contributed by atoms with Crippen LogP contribution in [0.5, 0.6) is 5.75 Å². The summed E-state index contributed by atoms with van der Waals surface area (Å²) in [5.41, 5.74) is 11.7. The minimum Gasteiger partial charge on any atom is -0.488 e. The third kappa shape index (κ3) is 5.33. The maximum Gasteiger partial charge on any atom is 0.242 e. The summed E-state index contributed by atoms with van der Waals surface area (Å²) in [6.07, 6.45) is 0.869. The summed E-state index contributed by atoms with van der Waals surface area (Å²) in [5.74, 6) is 0.617. The summed E-state index contributed by atoms with van der Waals surface area (Å²) < 4.78 is 11.7. The average molecular weight is 400 g/mol. The number of nitrogen functional groups attached to an aromatic ring is 2. The van der Waals surface area contributed by atoms with E-state index in [1.807, 2.05) is 27.7 Å². The van der Waals surface area contributed by atoms with Crippen LogP contribution in [0.2, 0.25) is 10.0 Å². The van der Waals surface area contributed by atoms with E-state index in [0.717, 1.165) is 0 Å². The topological polar surface area (TPSA) is 109 Å². The van der Waals surface area contributed by atoms with Gasteiger partial charge in [-0.3, -0.25) is 0 Å². The first-order chi connectivity index (χ1) is 12.1. The molecule has 1 aromatic carbocycles. The van der Waals surface area contributed by atoms with Crippen molar-refractivity contribution >= 4 is 35.0 Å². The van der Waals surface area contributed by atoms with E-state index in [-0.39, 0.29) is 28.6 Å². The molecule has 1 heterocycles. The highest BCUT2D eigenvalue weighted by atomic mass is 35.5. The van der Waals surface area contributed by atoms with Crippen LogP contribution < -0.4 is 16.2 Å². The fourth-order valence-corrected chi connectivity index (χ4v) is 2.66. The lowest BCUT2D eigenvalue weighted by Crippen LogP contribution is -2.30. The number of aromatic nitrogens is 3. The molecule has 142 valence electrons. The van der Waals surface area contributed by atoms with Crippen LogP contribution in [0.25, 0.3) is 11.3 Å². The maximum absolute atomic E-state index is 6.31. The van der Waals surface area contributed by atoms with Gasteiger partial charge in [-0.05, 0) is 33.8 Å². The van der Waals surface area contributed by atoms with E-state index < -0.39 is 5.60 Å². The third-order valence-electron chi connectivity index (χ3n) is 3.54. The summed E-state index contributed by atoms with van der Waals surface area (Å²) in [7, 11) is 0. The van der Waals surface area contributed by atoms with Crippen molar-refractivity contribution in [2.45, 2.75) is 45.8 Å². The fraction of sp³-hybridized carbons (Fsp3) is 0.471. The van der Waals surface area contributed by atoms with Crippen LogP contribution in [-0.4, -0.2) is 33.5 Å². The first-order valence-electron chi connectivity index (χ1n) is 8.15. The summed E-state index contributed by atoms with van der Waals surface area (Å²) in [5, 5.41) is 8.30. The van der Waals surface area contributed by atoms with Crippen LogP contribution in [-0.2, 0) is 4.74 Å². The lowest BCUT2D eigenvalue weighted by Gasteiger charge is -2.27. The van der Waals surface area contributed by atoms with Crippen molar-refractivity contribution in [1.29, 1.82) is 0 Å². The number of benzene rings is 1. The molecule has 2 aromatic rings. The van der Waals surface area contributed by atoms with Crippen molar-refractivity contribution in [2.24, 2.45) is 0 Å². The molecule has 2 rings (SSSR count). The van der Waals surface area contributed by atoms with Crippen molar-refractivity contribution in [1.82, 2.24) is 15.2 Å². The molecule has 1 aromatic heterocycles. The van der Waals surface area contributed by atoms with Gasteiger partial charge in [-0.2, -0.15) is 4.98 Å². The van der Waals surface area contributed by atoms with Crippen LogP contribution in [0.4, 0.5) is 11.8 Å². The SMILES string of the molecule is CC(C)OCCC(C)(C)Oc1cc(Cl)c(Cl)c(-c2nnc(N)nc2N)c1. The molecule has 4 N–H and O–H groups in total. The number of anilines is 2. The first kappa shape index (κ1) is 20.5. The van der Waals surface area contributed by atoms with Gasteiger partial charge in [0.25, 0.3) is 0 Å². The van der Waals surface area contributed by atoms with Gasteiger partial charge in [0.2, 0.25) is 5.95 Å². The molecule has 0 radical (unpaired) electrons. The first-order valence-corrected chi connectivity index (χ1v) is 8.90. The molecular formula is C17H23Cl2N5O2. The molecule has 0 aliphatic heterocycles. The number of nitrogens with zero attached hydrogens (tertiary/aromatic N) is 3. The third-order valence-corrected chi connectivity index (χ3v) is 4.34.